The molecular weight excluding hydrogens is 388 g/mol. The Morgan fingerprint density at radius 1 is 1.18 bits per heavy atom. The Bertz CT molecular complexity index is 818. The van der Waals surface area contributed by atoms with Gasteiger partial charge in [-0.3, -0.25) is 0 Å². The molecule has 0 saturated carbocycles. The van der Waals surface area contributed by atoms with E-state index in [9.17, 15) is 0 Å². The molecule has 0 aliphatic carbocycles. The number of methoxy groups -OCH3 is 1. The van der Waals surface area contributed by atoms with Gasteiger partial charge >= 0.3 is 0 Å². The molecule has 0 amide bonds. The number of fused-ring (bicyclic) bond motifs is 1. The van der Waals surface area contributed by atoms with Crippen LogP contribution >= 0.6 is 23.3 Å². The number of hydrogen-bond donors (Lipinski definition) is 1. The van der Waals surface area contributed by atoms with E-state index in [-0.39, 0.29) is 6.23 Å². The Kier molecular flexibility index (Phi) is 8.29. The van der Waals surface area contributed by atoms with Crippen LogP contribution in [0.2, 0.25) is 0 Å². The van der Waals surface area contributed by atoms with E-state index in [4.69, 9.17) is 4.74 Å². The fraction of sp³-hybridized carbons (Fsp3) is 0.333. The quantitative estimate of drug-likeness (QED) is 0.294. The van der Waals surface area contributed by atoms with E-state index in [0.717, 1.165) is 35.9 Å². The van der Waals surface area contributed by atoms with Gasteiger partial charge in [-0.05, 0) is 36.9 Å². The van der Waals surface area contributed by atoms with E-state index < -0.39 is 0 Å². The first-order valence-corrected chi connectivity index (χ1v) is 11.0. The summed E-state index contributed by atoms with van der Waals surface area (Å²) in [4.78, 5) is 1.30. The van der Waals surface area contributed by atoms with Crippen molar-refractivity contribution in [3.05, 3.63) is 71.9 Å². The predicted molar refractivity (Wildman–Crippen MR) is 118 cm³/mol. The summed E-state index contributed by atoms with van der Waals surface area (Å²) in [5.41, 5.74) is 1.28. The molecule has 0 radical (unpaired) electrons. The lowest BCUT2D eigenvalue weighted by molar-refractivity contribution is 0.0229. The second-order valence-electron chi connectivity index (χ2n) is 6.29. The summed E-state index contributed by atoms with van der Waals surface area (Å²) in [7, 11) is 1.78. The number of aromatic nitrogens is 2. The van der Waals surface area contributed by atoms with Gasteiger partial charge in [0.05, 0.1) is 0 Å². The molecular formula is C21H26N4OS2. The first kappa shape index (κ1) is 20.8. The lowest BCUT2D eigenvalue weighted by Gasteiger charge is -2.21. The minimum atomic E-state index is 0.0624. The third kappa shape index (κ3) is 5.78. The predicted octanol–water partition coefficient (Wildman–Crippen LogP) is 5.59. The van der Waals surface area contributed by atoms with Crippen LogP contribution in [0.5, 0.6) is 0 Å². The maximum absolute atomic E-state index is 5.70. The highest BCUT2D eigenvalue weighted by atomic mass is 32.2. The van der Waals surface area contributed by atoms with Crippen molar-refractivity contribution in [2.75, 3.05) is 19.0 Å². The molecule has 1 aliphatic rings. The zero-order chi connectivity index (χ0) is 19.6. The number of nitrogens with one attached hydrogen (secondary N) is 1. The third-order valence-electron chi connectivity index (χ3n) is 4.28. The molecule has 2 heterocycles. The lowest BCUT2D eigenvalue weighted by Crippen LogP contribution is -2.20. The molecule has 0 fully saturated rings. The van der Waals surface area contributed by atoms with Gasteiger partial charge in [-0.25, -0.2) is 4.31 Å². The summed E-state index contributed by atoms with van der Waals surface area (Å²) >= 11 is 3.41. The molecule has 5 nitrogen and oxygen atoms in total. The van der Waals surface area contributed by atoms with Crippen molar-refractivity contribution in [3.8, 4) is 0 Å². The zero-order valence-electron chi connectivity index (χ0n) is 16.1. The fourth-order valence-corrected chi connectivity index (χ4v) is 4.90. The Hall–Kier alpha value is -1.93. The van der Waals surface area contributed by atoms with Crippen LogP contribution in [0.15, 0.2) is 66.2 Å². The largest absolute Gasteiger partial charge is 0.361 e. The van der Waals surface area contributed by atoms with Gasteiger partial charge in [0.2, 0.25) is 5.13 Å². The van der Waals surface area contributed by atoms with Gasteiger partial charge in [-0.15, -0.1) is 10.2 Å². The fourth-order valence-electron chi connectivity index (χ4n) is 2.96. The average Bonchev–Trinajstić information content (AvgIpc) is 3.31. The minimum absolute atomic E-state index is 0.0624. The highest BCUT2D eigenvalue weighted by Gasteiger charge is 2.30. The SMILES string of the molecule is C=C/C=C\C=C\Nc1nnc(CCCCCN2Sc3ccccc3C2OC)s1. The van der Waals surface area contributed by atoms with E-state index in [1.165, 1.54) is 16.9 Å². The third-order valence-corrected chi connectivity index (χ3v) is 6.37. The molecule has 2 aromatic rings. The van der Waals surface area contributed by atoms with Gasteiger partial charge in [0.25, 0.3) is 0 Å². The molecule has 1 aromatic heterocycles. The van der Waals surface area contributed by atoms with Crippen LogP contribution in [-0.2, 0) is 11.2 Å². The highest BCUT2D eigenvalue weighted by molar-refractivity contribution is 7.97. The zero-order valence-corrected chi connectivity index (χ0v) is 17.7. The number of benzene rings is 1. The topological polar surface area (TPSA) is 50.3 Å². The van der Waals surface area contributed by atoms with Gasteiger partial charge in [-0.2, -0.15) is 0 Å². The van der Waals surface area contributed by atoms with Gasteiger partial charge in [0.1, 0.15) is 11.2 Å². The van der Waals surface area contributed by atoms with Gasteiger partial charge in [-0.1, -0.05) is 60.8 Å². The number of hydrogen-bond acceptors (Lipinski definition) is 7. The summed E-state index contributed by atoms with van der Waals surface area (Å²) in [5, 5.41) is 13.5. The second kappa shape index (κ2) is 11.2. The highest BCUT2D eigenvalue weighted by Crippen LogP contribution is 2.44. The van der Waals surface area contributed by atoms with Crippen LogP contribution in [-0.4, -0.2) is 28.2 Å². The molecule has 1 unspecified atom stereocenters. The maximum atomic E-state index is 5.70. The van der Waals surface area contributed by atoms with E-state index in [0.29, 0.717) is 0 Å². The van der Waals surface area contributed by atoms with Gasteiger partial charge in [0, 0.05) is 36.7 Å². The lowest BCUT2D eigenvalue weighted by atomic mass is 10.1. The molecule has 0 bridgehead atoms. The van der Waals surface area contributed by atoms with Gasteiger partial charge in [0.15, 0.2) is 0 Å². The van der Waals surface area contributed by atoms with Gasteiger partial charge < -0.3 is 10.1 Å². The number of nitrogens with zero attached hydrogens (tertiary/aromatic N) is 3. The van der Waals surface area contributed by atoms with Crippen molar-refractivity contribution in [1.82, 2.24) is 14.5 Å². The number of ether oxygens (including phenoxy) is 1. The van der Waals surface area contributed by atoms with Crippen LogP contribution < -0.4 is 5.32 Å². The van der Waals surface area contributed by atoms with Crippen molar-refractivity contribution in [1.29, 1.82) is 0 Å². The molecule has 1 aliphatic heterocycles. The van der Waals surface area contributed by atoms with Crippen molar-refractivity contribution in [3.63, 3.8) is 0 Å². The molecule has 0 spiro atoms. The number of anilines is 1. The number of rotatable bonds is 11. The van der Waals surface area contributed by atoms with E-state index in [2.05, 4.69) is 50.7 Å². The molecule has 7 heteroatoms. The Morgan fingerprint density at radius 2 is 2.07 bits per heavy atom. The first-order chi connectivity index (χ1) is 13.8. The van der Waals surface area contributed by atoms with Crippen LogP contribution in [0.3, 0.4) is 0 Å². The first-order valence-electron chi connectivity index (χ1n) is 9.41. The Morgan fingerprint density at radius 3 is 2.93 bits per heavy atom. The summed E-state index contributed by atoms with van der Waals surface area (Å²) in [6, 6.07) is 8.48. The summed E-state index contributed by atoms with van der Waals surface area (Å²) in [5.74, 6) is 0. The number of unbranched alkanes of at least 4 members (excludes halogenated alkanes) is 2. The molecule has 28 heavy (non-hydrogen) atoms. The van der Waals surface area contributed by atoms with E-state index >= 15 is 0 Å². The molecule has 1 aromatic carbocycles. The van der Waals surface area contributed by atoms with E-state index in [1.807, 2.05) is 24.4 Å². The molecule has 1 N–H and O–H groups in total. The van der Waals surface area contributed by atoms with Crippen LogP contribution in [0, 0.1) is 0 Å². The van der Waals surface area contributed by atoms with Crippen molar-refractivity contribution < 1.29 is 4.74 Å². The van der Waals surface area contributed by atoms with Crippen LogP contribution in [0.25, 0.3) is 0 Å². The Labute approximate surface area is 175 Å². The number of aryl methyl sites for hydroxylation is 1. The second-order valence-corrected chi connectivity index (χ2v) is 8.45. The molecule has 0 saturated heterocycles. The van der Waals surface area contributed by atoms with Crippen LogP contribution in [0.4, 0.5) is 5.13 Å². The van der Waals surface area contributed by atoms with Crippen molar-refractivity contribution in [2.45, 2.75) is 36.8 Å². The number of allylic oxidation sites excluding steroid dienone is 4. The monoisotopic (exact) mass is 414 g/mol. The standard InChI is InChI=1S/C21H26N4OS2/c1-3-4-5-10-15-22-21-24-23-19(27-21)14-7-6-11-16-25-20(26-2)17-12-8-9-13-18(17)28-25/h3-5,8-10,12-13,15,20H,1,6-7,11,14,16H2,2H3,(H,22,24)/b5-4-,15-10+. The molecule has 3 rings (SSSR count). The average molecular weight is 415 g/mol. The summed E-state index contributed by atoms with van der Waals surface area (Å²) in [6.07, 6.45) is 13.7. The Balaban J connectivity index is 1.35. The molecule has 148 valence electrons. The van der Waals surface area contributed by atoms with Crippen molar-refractivity contribution in [2.24, 2.45) is 0 Å². The van der Waals surface area contributed by atoms with Crippen LogP contribution in [0.1, 0.15) is 36.1 Å². The normalized spacial score (nSPS) is 16.8. The summed E-state index contributed by atoms with van der Waals surface area (Å²) in [6.45, 7) is 4.65. The maximum Gasteiger partial charge on any atom is 0.209 e. The summed E-state index contributed by atoms with van der Waals surface area (Å²) < 4.78 is 8.04. The van der Waals surface area contributed by atoms with E-state index in [1.54, 1.807) is 36.5 Å². The molecule has 1 atom stereocenters. The smallest absolute Gasteiger partial charge is 0.209 e. The minimum Gasteiger partial charge on any atom is -0.361 e. The van der Waals surface area contributed by atoms with Crippen molar-refractivity contribution >= 4 is 28.4 Å².